The Hall–Kier alpha value is -2.75. The Morgan fingerprint density at radius 2 is 2.00 bits per heavy atom. The predicted molar refractivity (Wildman–Crippen MR) is 88.3 cm³/mol. The lowest BCUT2D eigenvalue weighted by molar-refractivity contribution is 0.0985. The first-order valence-corrected chi connectivity index (χ1v) is 7.60. The van der Waals surface area contributed by atoms with E-state index in [1.807, 2.05) is 19.1 Å². The summed E-state index contributed by atoms with van der Waals surface area (Å²) in [6, 6.07) is 14.2. The number of hydrogen-bond donors (Lipinski definition) is 0. The second-order valence-electron chi connectivity index (χ2n) is 5.85. The molecular formula is C19H15FN2O. The van der Waals surface area contributed by atoms with E-state index in [-0.39, 0.29) is 11.5 Å². The zero-order valence-corrected chi connectivity index (χ0v) is 12.7. The number of rotatable bonds is 1. The second-order valence-corrected chi connectivity index (χ2v) is 5.85. The van der Waals surface area contributed by atoms with Crippen LogP contribution in [0.3, 0.4) is 0 Å². The molecule has 3 nitrogen and oxygen atoms in total. The molecule has 114 valence electrons. The average molecular weight is 306 g/mol. The summed E-state index contributed by atoms with van der Waals surface area (Å²) in [7, 11) is 0. The molecule has 23 heavy (non-hydrogen) atoms. The van der Waals surface area contributed by atoms with Gasteiger partial charge in [-0.25, -0.2) is 9.37 Å². The van der Waals surface area contributed by atoms with Gasteiger partial charge in [0.1, 0.15) is 11.6 Å². The first-order valence-electron chi connectivity index (χ1n) is 7.60. The summed E-state index contributed by atoms with van der Waals surface area (Å²) in [6.45, 7) is 2.57. The average Bonchev–Trinajstić information content (AvgIpc) is 2.95. The topological polar surface area (TPSA) is 33.2 Å². The molecule has 0 fully saturated rings. The van der Waals surface area contributed by atoms with Crippen molar-refractivity contribution in [1.82, 2.24) is 4.98 Å². The largest absolute Gasteiger partial charge is 0.292 e. The fourth-order valence-electron chi connectivity index (χ4n) is 3.06. The van der Waals surface area contributed by atoms with Crippen LogP contribution in [-0.2, 0) is 6.42 Å². The van der Waals surface area contributed by atoms with Crippen LogP contribution in [-0.4, -0.2) is 17.4 Å². The van der Waals surface area contributed by atoms with Crippen molar-refractivity contribution in [2.24, 2.45) is 0 Å². The van der Waals surface area contributed by atoms with Crippen LogP contribution < -0.4 is 4.90 Å². The number of carbonyl (C=O) groups is 1. The highest BCUT2D eigenvalue weighted by atomic mass is 19.1. The number of hydrogen-bond acceptors (Lipinski definition) is 2. The van der Waals surface area contributed by atoms with Crippen molar-refractivity contribution in [2.75, 3.05) is 11.4 Å². The lowest BCUT2D eigenvalue weighted by atomic mass is 10.1. The molecule has 0 atom stereocenters. The minimum absolute atomic E-state index is 0.0890. The Morgan fingerprint density at radius 3 is 2.83 bits per heavy atom. The van der Waals surface area contributed by atoms with E-state index in [1.165, 1.54) is 17.7 Å². The summed E-state index contributed by atoms with van der Waals surface area (Å²) >= 11 is 0. The summed E-state index contributed by atoms with van der Waals surface area (Å²) in [5, 5.41) is 1.07. The van der Waals surface area contributed by atoms with Gasteiger partial charge in [-0.2, -0.15) is 0 Å². The molecule has 1 amide bonds. The zero-order valence-electron chi connectivity index (χ0n) is 12.7. The smallest absolute Gasteiger partial charge is 0.262 e. The van der Waals surface area contributed by atoms with E-state index in [0.717, 1.165) is 22.9 Å². The van der Waals surface area contributed by atoms with Crippen LogP contribution >= 0.6 is 0 Å². The van der Waals surface area contributed by atoms with Crippen LogP contribution in [0.25, 0.3) is 10.9 Å². The summed E-state index contributed by atoms with van der Waals surface area (Å²) in [4.78, 5) is 18.9. The molecule has 1 aliphatic rings. The van der Waals surface area contributed by atoms with E-state index < -0.39 is 5.82 Å². The summed E-state index contributed by atoms with van der Waals surface area (Å²) in [5.41, 5.74) is 3.15. The van der Waals surface area contributed by atoms with Gasteiger partial charge in [-0.15, -0.1) is 0 Å². The van der Waals surface area contributed by atoms with Gasteiger partial charge in [0.2, 0.25) is 0 Å². The molecule has 0 spiro atoms. The molecule has 0 radical (unpaired) electrons. The number of aryl methyl sites for hydroxylation is 1. The fourth-order valence-corrected chi connectivity index (χ4v) is 3.06. The Labute approximate surface area is 133 Å². The molecule has 0 N–H and O–H groups in total. The van der Waals surface area contributed by atoms with E-state index in [4.69, 9.17) is 0 Å². The Balaban J connectivity index is 1.79. The van der Waals surface area contributed by atoms with E-state index in [1.54, 1.807) is 17.0 Å². The highest BCUT2D eigenvalue weighted by Gasteiger charge is 2.28. The number of benzene rings is 2. The maximum Gasteiger partial charge on any atom is 0.262 e. The monoisotopic (exact) mass is 306 g/mol. The summed E-state index contributed by atoms with van der Waals surface area (Å²) in [5.74, 6) is -0.183. The quantitative estimate of drug-likeness (QED) is 0.683. The highest BCUT2D eigenvalue weighted by molar-refractivity contribution is 6.07. The normalized spacial score (nSPS) is 13.4. The number of amides is 1. The first kappa shape index (κ1) is 13.9. The molecule has 3 aromatic rings. The SMILES string of the molecule is Cc1ccc2nc3c(cc2c1)CCN3C(=O)c1ccccc1F. The van der Waals surface area contributed by atoms with Crippen LogP contribution in [0.2, 0.25) is 0 Å². The van der Waals surface area contributed by atoms with Gasteiger partial charge >= 0.3 is 0 Å². The van der Waals surface area contributed by atoms with Gasteiger partial charge in [0, 0.05) is 11.9 Å². The lowest BCUT2D eigenvalue weighted by Gasteiger charge is -2.17. The summed E-state index contributed by atoms with van der Waals surface area (Å²) in [6.07, 6.45) is 0.742. The van der Waals surface area contributed by atoms with Gasteiger partial charge in [0.15, 0.2) is 0 Å². The molecule has 0 saturated heterocycles. The number of aromatic nitrogens is 1. The first-order chi connectivity index (χ1) is 11.1. The molecule has 0 unspecified atom stereocenters. The van der Waals surface area contributed by atoms with Crippen molar-refractivity contribution < 1.29 is 9.18 Å². The molecule has 0 saturated carbocycles. The molecule has 4 heteroatoms. The van der Waals surface area contributed by atoms with E-state index >= 15 is 0 Å². The van der Waals surface area contributed by atoms with Gasteiger partial charge in [0.25, 0.3) is 5.91 Å². The Morgan fingerprint density at radius 1 is 1.17 bits per heavy atom. The standard InChI is InChI=1S/C19H15FN2O/c1-12-6-7-17-14(10-12)11-13-8-9-22(18(13)21-17)19(23)15-4-2-3-5-16(15)20/h2-7,10-11H,8-9H2,1H3. The molecular weight excluding hydrogens is 291 g/mol. The Kier molecular flexibility index (Phi) is 3.11. The number of pyridine rings is 1. The van der Waals surface area contributed by atoms with Crippen LogP contribution in [0, 0.1) is 12.7 Å². The number of nitrogens with zero attached hydrogens (tertiary/aromatic N) is 2. The Bertz CT molecular complexity index is 936. The van der Waals surface area contributed by atoms with Gasteiger partial charge < -0.3 is 0 Å². The van der Waals surface area contributed by atoms with E-state index in [2.05, 4.69) is 17.1 Å². The second kappa shape index (κ2) is 5.16. The third kappa shape index (κ3) is 2.27. The minimum Gasteiger partial charge on any atom is -0.292 e. The zero-order chi connectivity index (χ0) is 16.0. The fraction of sp³-hybridized carbons (Fsp3) is 0.158. The minimum atomic E-state index is -0.498. The maximum atomic E-state index is 13.9. The van der Waals surface area contributed by atoms with Gasteiger partial charge in [0.05, 0.1) is 11.1 Å². The van der Waals surface area contributed by atoms with Crippen molar-refractivity contribution in [3.8, 4) is 0 Å². The lowest BCUT2D eigenvalue weighted by Crippen LogP contribution is -2.30. The van der Waals surface area contributed by atoms with Gasteiger partial charge in [-0.05, 0) is 49.2 Å². The van der Waals surface area contributed by atoms with Crippen LogP contribution in [0.5, 0.6) is 0 Å². The van der Waals surface area contributed by atoms with E-state index in [9.17, 15) is 9.18 Å². The number of fused-ring (bicyclic) bond motifs is 2. The molecule has 4 rings (SSSR count). The number of anilines is 1. The third-order valence-corrected chi connectivity index (χ3v) is 4.24. The van der Waals surface area contributed by atoms with Crippen molar-refractivity contribution in [2.45, 2.75) is 13.3 Å². The molecule has 0 aliphatic carbocycles. The van der Waals surface area contributed by atoms with Crippen molar-refractivity contribution in [3.05, 3.63) is 71.0 Å². The van der Waals surface area contributed by atoms with Crippen LogP contribution in [0.15, 0.2) is 48.5 Å². The van der Waals surface area contributed by atoms with Crippen molar-refractivity contribution >= 4 is 22.6 Å². The van der Waals surface area contributed by atoms with Crippen molar-refractivity contribution in [1.29, 1.82) is 0 Å². The third-order valence-electron chi connectivity index (χ3n) is 4.24. The molecule has 1 aliphatic heterocycles. The molecule has 2 heterocycles. The molecule has 0 bridgehead atoms. The van der Waals surface area contributed by atoms with E-state index in [0.29, 0.717) is 12.4 Å². The van der Waals surface area contributed by atoms with Gasteiger partial charge in [-0.1, -0.05) is 23.8 Å². The highest BCUT2D eigenvalue weighted by Crippen LogP contribution is 2.31. The maximum absolute atomic E-state index is 13.9. The molecule has 2 aromatic carbocycles. The molecule has 1 aromatic heterocycles. The van der Waals surface area contributed by atoms with Crippen LogP contribution in [0.1, 0.15) is 21.5 Å². The number of halogens is 1. The number of carbonyl (C=O) groups excluding carboxylic acids is 1. The summed E-state index contributed by atoms with van der Waals surface area (Å²) < 4.78 is 13.9. The van der Waals surface area contributed by atoms with Crippen LogP contribution in [0.4, 0.5) is 10.2 Å². The van der Waals surface area contributed by atoms with Crippen molar-refractivity contribution in [3.63, 3.8) is 0 Å². The predicted octanol–water partition coefficient (Wildman–Crippen LogP) is 3.89. The van der Waals surface area contributed by atoms with Gasteiger partial charge in [-0.3, -0.25) is 9.69 Å².